The van der Waals surface area contributed by atoms with Gasteiger partial charge in [0.25, 0.3) is 0 Å². The standard InChI is InChI=1S/C10H12BrNO2S/c1-2-14-9(13)6-3-4-7-8(5-6)15-10(11)12-7/h6H,2-5H2,1H3. The van der Waals surface area contributed by atoms with Gasteiger partial charge in [-0.2, -0.15) is 0 Å². The molecule has 0 fully saturated rings. The molecule has 0 spiro atoms. The number of rotatable bonds is 2. The number of aromatic nitrogens is 1. The van der Waals surface area contributed by atoms with Gasteiger partial charge in [-0.05, 0) is 42.1 Å². The first-order chi connectivity index (χ1) is 7.20. The molecule has 0 aliphatic heterocycles. The van der Waals surface area contributed by atoms with Crippen LogP contribution in [0.4, 0.5) is 0 Å². The number of carbonyl (C=O) groups is 1. The molecule has 1 aliphatic carbocycles. The molecule has 0 saturated heterocycles. The summed E-state index contributed by atoms with van der Waals surface area (Å²) in [6.07, 6.45) is 2.54. The highest BCUT2D eigenvalue weighted by molar-refractivity contribution is 9.11. The van der Waals surface area contributed by atoms with Gasteiger partial charge in [0.05, 0.1) is 18.2 Å². The van der Waals surface area contributed by atoms with Crippen molar-refractivity contribution in [1.82, 2.24) is 4.98 Å². The van der Waals surface area contributed by atoms with Gasteiger partial charge in [0.2, 0.25) is 0 Å². The van der Waals surface area contributed by atoms with Crippen LogP contribution in [-0.2, 0) is 22.4 Å². The van der Waals surface area contributed by atoms with E-state index in [9.17, 15) is 4.79 Å². The van der Waals surface area contributed by atoms with Crippen molar-refractivity contribution in [3.63, 3.8) is 0 Å². The Bertz CT molecular complexity index is 377. The van der Waals surface area contributed by atoms with Crippen molar-refractivity contribution in [3.05, 3.63) is 14.5 Å². The Balaban J connectivity index is 2.08. The normalized spacial score (nSPS) is 19.7. The molecule has 1 aliphatic rings. The largest absolute Gasteiger partial charge is 0.466 e. The number of thiazole rings is 1. The van der Waals surface area contributed by atoms with Gasteiger partial charge in [-0.3, -0.25) is 4.79 Å². The maximum absolute atomic E-state index is 11.6. The lowest BCUT2D eigenvalue weighted by atomic mass is 9.91. The number of ether oxygens (including phenoxy) is 1. The van der Waals surface area contributed by atoms with Crippen LogP contribution in [-0.4, -0.2) is 17.6 Å². The molecule has 1 heterocycles. The topological polar surface area (TPSA) is 39.2 Å². The summed E-state index contributed by atoms with van der Waals surface area (Å²) < 4.78 is 5.95. The van der Waals surface area contributed by atoms with E-state index in [1.165, 1.54) is 4.88 Å². The highest BCUT2D eigenvalue weighted by Gasteiger charge is 2.27. The predicted octanol–water partition coefficient (Wildman–Crippen LogP) is 2.57. The molecule has 82 valence electrons. The third kappa shape index (κ3) is 2.39. The number of nitrogens with zero attached hydrogens (tertiary/aromatic N) is 1. The lowest BCUT2D eigenvalue weighted by Gasteiger charge is -2.19. The van der Waals surface area contributed by atoms with Crippen molar-refractivity contribution >= 4 is 33.2 Å². The first kappa shape index (κ1) is 11.1. The molecule has 0 radical (unpaired) electrons. The fourth-order valence-electron chi connectivity index (χ4n) is 1.80. The zero-order valence-corrected chi connectivity index (χ0v) is 10.9. The number of esters is 1. The summed E-state index contributed by atoms with van der Waals surface area (Å²) in [6, 6.07) is 0. The van der Waals surface area contributed by atoms with Crippen LogP contribution >= 0.6 is 27.3 Å². The van der Waals surface area contributed by atoms with Gasteiger partial charge >= 0.3 is 5.97 Å². The number of hydrogen-bond donors (Lipinski definition) is 0. The van der Waals surface area contributed by atoms with Gasteiger partial charge in [0, 0.05) is 4.88 Å². The lowest BCUT2D eigenvalue weighted by molar-refractivity contribution is -0.148. The molecule has 1 aromatic heterocycles. The van der Waals surface area contributed by atoms with Crippen LogP contribution in [0.1, 0.15) is 23.9 Å². The Morgan fingerprint density at radius 2 is 2.53 bits per heavy atom. The number of hydrogen-bond acceptors (Lipinski definition) is 4. The summed E-state index contributed by atoms with van der Waals surface area (Å²) in [5.41, 5.74) is 1.15. The van der Waals surface area contributed by atoms with Crippen LogP contribution in [0.15, 0.2) is 3.92 Å². The maximum atomic E-state index is 11.6. The van der Waals surface area contributed by atoms with Crippen LogP contribution < -0.4 is 0 Å². The van der Waals surface area contributed by atoms with E-state index >= 15 is 0 Å². The van der Waals surface area contributed by atoms with Gasteiger partial charge in [-0.15, -0.1) is 11.3 Å². The zero-order valence-electron chi connectivity index (χ0n) is 8.46. The molecule has 0 bridgehead atoms. The number of carbonyl (C=O) groups excluding carboxylic acids is 1. The molecule has 1 aromatic rings. The fraction of sp³-hybridized carbons (Fsp3) is 0.600. The highest BCUT2D eigenvalue weighted by atomic mass is 79.9. The van der Waals surface area contributed by atoms with Crippen molar-refractivity contribution < 1.29 is 9.53 Å². The Morgan fingerprint density at radius 3 is 3.27 bits per heavy atom. The summed E-state index contributed by atoms with van der Waals surface area (Å²) in [7, 11) is 0. The first-order valence-corrected chi connectivity index (χ1v) is 6.62. The minimum Gasteiger partial charge on any atom is -0.466 e. The van der Waals surface area contributed by atoms with Crippen LogP contribution in [0.2, 0.25) is 0 Å². The van der Waals surface area contributed by atoms with E-state index in [-0.39, 0.29) is 11.9 Å². The molecule has 5 heteroatoms. The fourth-order valence-corrected chi connectivity index (χ4v) is 3.51. The van der Waals surface area contributed by atoms with E-state index in [1.54, 1.807) is 11.3 Å². The maximum Gasteiger partial charge on any atom is 0.309 e. The van der Waals surface area contributed by atoms with E-state index in [1.807, 2.05) is 6.92 Å². The molecule has 0 amide bonds. The van der Waals surface area contributed by atoms with Crippen LogP contribution in [0.5, 0.6) is 0 Å². The van der Waals surface area contributed by atoms with E-state index in [0.717, 1.165) is 28.9 Å². The quantitative estimate of drug-likeness (QED) is 0.786. The van der Waals surface area contributed by atoms with E-state index in [4.69, 9.17) is 4.74 Å². The third-order valence-corrected chi connectivity index (χ3v) is 4.10. The summed E-state index contributed by atoms with van der Waals surface area (Å²) in [4.78, 5) is 17.2. The average Bonchev–Trinajstić information content (AvgIpc) is 2.57. The molecule has 2 rings (SSSR count). The average molecular weight is 290 g/mol. The van der Waals surface area contributed by atoms with Crippen molar-refractivity contribution in [1.29, 1.82) is 0 Å². The molecule has 1 unspecified atom stereocenters. The van der Waals surface area contributed by atoms with Crippen LogP contribution in [0.25, 0.3) is 0 Å². The molecule has 3 nitrogen and oxygen atoms in total. The van der Waals surface area contributed by atoms with Gasteiger partial charge in [0.15, 0.2) is 3.92 Å². The number of aryl methyl sites for hydroxylation is 1. The van der Waals surface area contributed by atoms with E-state index < -0.39 is 0 Å². The molecule has 1 atom stereocenters. The Hall–Kier alpha value is -0.420. The Morgan fingerprint density at radius 1 is 1.73 bits per heavy atom. The summed E-state index contributed by atoms with van der Waals surface area (Å²) in [6.45, 7) is 2.31. The molecule has 0 saturated carbocycles. The first-order valence-electron chi connectivity index (χ1n) is 5.01. The van der Waals surface area contributed by atoms with Crippen LogP contribution in [0, 0.1) is 5.92 Å². The number of halogens is 1. The van der Waals surface area contributed by atoms with Gasteiger partial charge in [0.1, 0.15) is 0 Å². The molecule has 0 aromatic carbocycles. The smallest absolute Gasteiger partial charge is 0.309 e. The summed E-state index contributed by atoms with van der Waals surface area (Å²) in [5, 5.41) is 0. The van der Waals surface area contributed by atoms with Gasteiger partial charge in [-0.25, -0.2) is 4.98 Å². The second kappa shape index (κ2) is 4.61. The zero-order chi connectivity index (χ0) is 10.8. The van der Waals surface area contributed by atoms with Crippen LogP contribution in [0.3, 0.4) is 0 Å². The second-order valence-corrected chi connectivity index (χ2v) is 5.89. The Kier molecular flexibility index (Phi) is 3.41. The number of fused-ring (bicyclic) bond motifs is 1. The minimum absolute atomic E-state index is 0.0322. The van der Waals surface area contributed by atoms with Crippen molar-refractivity contribution in [3.8, 4) is 0 Å². The molecule has 0 N–H and O–H groups in total. The monoisotopic (exact) mass is 289 g/mol. The SMILES string of the molecule is CCOC(=O)C1CCc2nc(Br)sc2C1. The predicted molar refractivity (Wildman–Crippen MR) is 62.0 cm³/mol. The summed E-state index contributed by atoms with van der Waals surface area (Å²) in [5.74, 6) is -0.0301. The van der Waals surface area contributed by atoms with Crippen molar-refractivity contribution in [2.24, 2.45) is 5.92 Å². The Labute approximate surface area is 101 Å². The van der Waals surface area contributed by atoms with Gasteiger partial charge < -0.3 is 4.74 Å². The second-order valence-electron chi connectivity index (χ2n) is 3.53. The van der Waals surface area contributed by atoms with Gasteiger partial charge in [-0.1, -0.05) is 0 Å². The van der Waals surface area contributed by atoms with E-state index in [2.05, 4.69) is 20.9 Å². The molecular formula is C10H12BrNO2S. The highest BCUT2D eigenvalue weighted by Crippen LogP contribution is 2.32. The van der Waals surface area contributed by atoms with Crippen molar-refractivity contribution in [2.75, 3.05) is 6.61 Å². The van der Waals surface area contributed by atoms with E-state index in [0.29, 0.717) is 6.61 Å². The van der Waals surface area contributed by atoms with Crippen molar-refractivity contribution in [2.45, 2.75) is 26.2 Å². The molecule has 15 heavy (non-hydrogen) atoms. The molecular weight excluding hydrogens is 278 g/mol. The minimum atomic E-state index is -0.0623. The lowest BCUT2D eigenvalue weighted by Crippen LogP contribution is -2.24. The summed E-state index contributed by atoms with van der Waals surface area (Å²) >= 11 is 5.00. The third-order valence-electron chi connectivity index (χ3n) is 2.53.